The number of carbonyl (C=O) groups is 1. The summed E-state index contributed by atoms with van der Waals surface area (Å²) in [6.45, 7) is 2.85. The Balaban J connectivity index is 0.000000350. The number of aliphatic hydroxyl groups excluding tert-OH is 1. The van der Waals surface area contributed by atoms with Crippen molar-refractivity contribution in [3.05, 3.63) is 113 Å². The van der Waals surface area contributed by atoms with Gasteiger partial charge < -0.3 is 10.1 Å². The summed E-state index contributed by atoms with van der Waals surface area (Å²) in [4.78, 5) is 15.0. The molecule has 1 unspecified atom stereocenters. The number of carbonyl (C=O) groups excluding carboxylic acids is 1. The minimum atomic E-state index is -0.125. The Morgan fingerprint density at radius 2 is 1.67 bits per heavy atom. The minimum Gasteiger partial charge on any atom is -0.512 e. The van der Waals surface area contributed by atoms with Crippen LogP contribution in [-0.4, -0.2) is 16.6 Å². The normalized spacial score (nSPS) is 14.9. The van der Waals surface area contributed by atoms with Crippen molar-refractivity contribution in [2.24, 2.45) is 4.99 Å². The molecular formula is C26H24IrNO2-. The molecule has 1 N–H and O–H groups in total. The number of fused-ring (bicyclic) bond motifs is 1. The van der Waals surface area contributed by atoms with Gasteiger partial charge in [-0.1, -0.05) is 48.5 Å². The van der Waals surface area contributed by atoms with Crippen LogP contribution in [0.1, 0.15) is 36.5 Å². The van der Waals surface area contributed by atoms with E-state index in [4.69, 9.17) is 10.1 Å². The van der Waals surface area contributed by atoms with E-state index < -0.39 is 0 Å². The van der Waals surface area contributed by atoms with Crippen LogP contribution in [0.15, 0.2) is 95.7 Å². The Bertz CT molecular complexity index is 1020. The number of allylic oxidation sites excluding steroid dienone is 2. The zero-order valence-electron chi connectivity index (χ0n) is 17.0. The van der Waals surface area contributed by atoms with Crippen molar-refractivity contribution < 1.29 is 30.0 Å². The molecule has 4 rings (SSSR count). The fourth-order valence-electron chi connectivity index (χ4n) is 3.37. The number of aliphatic hydroxyl groups is 1. The van der Waals surface area contributed by atoms with Gasteiger partial charge in [0.2, 0.25) is 0 Å². The molecule has 4 heteroatoms. The molecule has 1 radical (unpaired) electrons. The number of hydrogen-bond donors (Lipinski definition) is 1. The molecule has 30 heavy (non-hydrogen) atoms. The maximum Gasteiger partial charge on any atom is 0.155 e. The molecule has 3 nitrogen and oxygen atoms in total. The molecule has 0 bridgehead atoms. The van der Waals surface area contributed by atoms with Crippen molar-refractivity contribution in [1.82, 2.24) is 0 Å². The molecule has 0 aliphatic carbocycles. The first kappa shape index (κ1) is 23.5. The smallest absolute Gasteiger partial charge is 0.155 e. The molecule has 0 aromatic heterocycles. The van der Waals surface area contributed by atoms with Crippen LogP contribution < -0.4 is 0 Å². The van der Waals surface area contributed by atoms with E-state index in [9.17, 15) is 4.79 Å². The van der Waals surface area contributed by atoms with Crippen LogP contribution in [-0.2, 0) is 31.3 Å². The quantitative estimate of drug-likeness (QED) is 0.238. The maximum absolute atomic E-state index is 10.0. The second-order valence-corrected chi connectivity index (χ2v) is 6.97. The Morgan fingerprint density at radius 3 is 2.27 bits per heavy atom. The Kier molecular flexibility index (Phi) is 8.91. The molecule has 1 aliphatic rings. The predicted molar refractivity (Wildman–Crippen MR) is 118 cm³/mol. The zero-order chi connectivity index (χ0) is 20.6. The molecule has 1 aliphatic heterocycles. The van der Waals surface area contributed by atoms with Crippen LogP contribution in [0.5, 0.6) is 0 Å². The molecular weight excluding hydrogens is 551 g/mol. The monoisotopic (exact) mass is 575 g/mol. The number of ketones is 1. The van der Waals surface area contributed by atoms with Crippen LogP contribution in [0.2, 0.25) is 0 Å². The third-order valence-electron chi connectivity index (χ3n) is 4.59. The maximum atomic E-state index is 10.0. The summed E-state index contributed by atoms with van der Waals surface area (Å²) in [6, 6.07) is 30.5. The van der Waals surface area contributed by atoms with Gasteiger partial charge >= 0.3 is 0 Å². The number of benzene rings is 3. The van der Waals surface area contributed by atoms with Crippen LogP contribution in [0, 0.1) is 6.07 Å². The van der Waals surface area contributed by atoms with Gasteiger partial charge in [-0.15, -0.1) is 35.9 Å². The van der Waals surface area contributed by atoms with E-state index in [1.54, 1.807) is 0 Å². The van der Waals surface area contributed by atoms with Crippen LogP contribution in [0.4, 0.5) is 5.69 Å². The summed E-state index contributed by atoms with van der Waals surface area (Å²) >= 11 is 0. The fourth-order valence-corrected chi connectivity index (χ4v) is 3.37. The third-order valence-corrected chi connectivity index (χ3v) is 4.59. The molecule has 3 aromatic carbocycles. The van der Waals surface area contributed by atoms with Crippen LogP contribution in [0.25, 0.3) is 0 Å². The standard InChI is InChI=1S/C21H16N.C5H8O2.Ir/c1-3-9-16(10-4-1)19-15-18-13-7-8-14-20(18)22-21(19)17-11-5-2-6-12-17;1-4(6)3-5(2)7;/h1-11,13-14,19H,15H2;3,6H,1-2H3;/q-1;;/b;4-3-;. The van der Waals surface area contributed by atoms with E-state index in [1.165, 1.54) is 31.1 Å². The topological polar surface area (TPSA) is 49.7 Å². The van der Waals surface area contributed by atoms with E-state index >= 15 is 0 Å². The molecule has 0 amide bonds. The molecule has 1 heterocycles. The SMILES string of the molecule is CC(=O)/C=C(/C)O.[Ir].[c-]1ccccc1C1=Nc2ccccc2CC1c1ccccc1. The Morgan fingerprint density at radius 1 is 1.00 bits per heavy atom. The summed E-state index contributed by atoms with van der Waals surface area (Å²) in [5.74, 6) is 0.224. The molecule has 0 saturated heterocycles. The predicted octanol–water partition coefficient (Wildman–Crippen LogP) is 5.98. The number of rotatable bonds is 3. The molecule has 0 saturated carbocycles. The van der Waals surface area contributed by atoms with E-state index in [2.05, 4.69) is 72.8 Å². The average Bonchev–Trinajstić information content (AvgIpc) is 2.73. The van der Waals surface area contributed by atoms with Crippen molar-refractivity contribution in [3.8, 4) is 0 Å². The van der Waals surface area contributed by atoms with Gasteiger partial charge in [0.05, 0.1) is 11.4 Å². The first-order valence-corrected chi connectivity index (χ1v) is 9.61. The van der Waals surface area contributed by atoms with Crippen molar-refractivity contribution in [3.63, 3.8) is 0 Å². The number of nitrogens with zero attached hydrogens (tertiary/aromatic N) is 1. The molecule has 3 aromatic rings. The number of hydrogen-bond acceptors (Lipinski definition) is 3. The average molecular weight is 575 g/mol. The van der Waals surface area contributed by atoms with E-state index in [-0.39, 0.29) is 37.6 Å². The first-order chi connectivity index (χ1) is 14.0. The number of aliphatic imine (C=N–C) groups is 1. The van der Waals surface area contributed by atoms with Gasteiger partial charge in [-0.2, -0.15) is 0 Å². The second-order valence-electron chi connectivity index (χ2n) is 6.97. The number of para-hydroxylation sites is 1. The summed E-state index contributed by atoms with van der Waals surface area (Å²) in [5.41, 5.74) is 5.92. The largest absolute Gasteiger partial charge is 0.512 e. The summed E-state index contributed by atoms with van der Waals surface area (Å²) < 4.78 is 0. The van der Waals surface area contributed by atoms with Gasteiger partial charge in [0.1, 0.15) is 0 Å². The van der Waals surface area contributed by atoms with Gasteiger partial charge in [-0.05, 0) is 49.1 Å². The molecule has 1 atom stereocenters. The third kappa shape index (κ3) is 6.35. The van der Waals surface area contributed by atoms with Gasteiger partial charge in [-0.25, -0.2) is 0 Å². The van der Waals surface area contributed by atoms with Gasteiger partial charge in [-0.3, -0.25) is 4.79 Å². The zero-order valence-corrected chi connectivity index (χ0v) is 19.4. The fraction of sp³-hybridized carbons (Fsp3) is 0.154. The molecule has 0 spiro atoms. The summed E-state index contributed by atoms with van der Waals surface area (Å²) in [6.07, 6.45) is 2.15. The van der Waals surface area contributed by atoms with Crippen molar-refractivity contribution in [2.75, 3.05) is 0 Å². The van der Waals surface area contributed by atoms with Crippen LogP contribution in [0.3, 0.4) is 0 Å². The summed E-state index contributed by atoms with van der Waals surface area (Å²) in [7, 11) is 0. The van der Waals surface area contributed by atoms with E-state index in [0.29, 0.717) is 0 Å². The van der Waals surface area contributed by atoms with Crippen LogP contribution >= 0.6 is 0 Å². The van der Waals surface area contributed by atoms with Crippen molar-refractivity contribution in [1.29, 1.82) is 0 Å². The second kappa shape index (κ2) is 11.4. The minimum absolute atomic E-state index is 0. The summed E-state index contributed by atoms with van der Waals surface area (Å²) in [5, 5.41) is 8.36. The van der Waals surface area contributed by atoms with Gasteiger partial charge in [0, 0.05) is 26.2 Å². The van der Waals surface area contributed by atoms with Crippen molar-refractivity contribution >= 4 is 17.2 Å². The first-order valence-electron chi connectivity index (χ1n) is 9.61. The van der Waals surface area contributed by atoms with Crippen molar-refractivity contribution in [2.45, 2.75) is 26.2 Å². The van der Waals surface area contributed by atoms with Gasteiger partial charge in [0.15, 0.2) is 5.78 Å². The Hall–Kier alpha value is -2.81. The molecule has 155 valence electrons. The van der Waals surface area contributed by atoms with E-state index in [0.717, 1.165) is 23.4 Å². The van der Waals surface area contributed by atoms with E-state index in [1.807, 2.05) is 12.1 Å². The van der Waals surface area contributed by atoms with Gasteiger partial charge in [0.25, 0.3) is 0 Å². The molecule has 0 fully saturated rings. The Labute approximate surface area is 191 Å².